The van der Waals surface area contributed by atoms with Crippen LogP contribution in [0.15, 0.2) is 47.4 Å². The molecule has 0 heterocycles. The van der Waals surface area contributed by atoms with E-state index in [1.165, 1.54) is 18.2 Å². The predicted molar refractivity (Wildman–Crippen MR) is 85.5 cm³/mol. The van der Waals surface area contributed by atoms with Gasteiger partial charge in [-0.25, -0.2) is 4.39 Å². The van der Waals surface area contributed by atoms with Crippen LogP contribution in [0.1, 0.15) is 28.9 Å². The SMILES string of the molecule is CSc1ccc([C@@H](C)NC(=O)c2c(F)cccc2Cl)cc1. The third kappa shape index (κ3) is 3.77. The van der Waals surface area contributed by atoms with Gasteiger partial charge in [0.1, 0.15) is 5.82 Å². The number of thioether (sulfide) groups is 1. The van der Waals surface area contributed by atoms with Crippen LogP contribution in [0.2, 0.25) is 5.02 Å². The molecule has 0 aliphatic rings. The predicted octanol–water partition coefficient (Wildman–Crippen LogP) is 4.69. The van der Waals surface area contributed by atoms with E-state index >= 15 is 0 Å². The summed E-state index contributed by atoms with van der Waals surface area (Å²) >= 11 is 7.54. The smallest absolute Gasteiger partial charge is 0.256 e. The van der Waals surface area contributed by atoms with Gasteiger partial charge < -0.3 is 5.32 Å². The molecule has 2 aromatic rings. The molecule has 2 nitrogen and oxygen atoms in total. The minimum atomic E-state index is -0.620. The zero-order valence-electron chi connectivity index (χ0n) is 11.7. The van der Waals surface area contributed by atoms with Crippen LogP contribution in [0.3, 0.4) is 0 Å². The van der Waals surface area contributed by atoms with Gasteiger partial charge in [-0.05, 0) is 43.0 Å². The monoisotopic (exact) mass is 323 g/mol. The Labute approximate surface area is 132 Å². The summed E-state index contributed by atoms with van der Waals surface area (Å²) in [4.78, 5) is 13.3. The van der Waals surface area contributed by atoms with Gasteiger partial charge in [0, 0.05) is 4.90 Å². The average molecular weight is 324 g/mol. The summed E-state index contributed by atoms with van der Waals surface area (Å²) in [5.41, 5.74) is 0.834. The van der Waals surface area contributed by atoms with Gasteiger partial charge in [-0.1, -0.05) is 29.8 Å². The van der Waals surface area contributed by atoms with Crippen LogP contribution in [0.4, 0.5) is 4.39 Å². The summed E-state index contributed by atoms with van der Waals surface area (Å²) in [5, 5.41) is 2.87. The van der Waals surface area contributed by atoms with Gasteiger partial charge in [0.05, 0.1) is 16.6 Å². The van der Waals surface area contributed by atoms with Gasteiger partial charge in [0.25, 0.3) is 5.91 Å². The molecule has 110 valence electrons. The molecule has 0 fully saturated rings. The molecule has 1 amide bonds. The summed E-state index contributed by atoms with van der Waals surface area (Å²) in [6, 6.07) is 11.8. The highest BCUT2D eigenvalue weighted by Crippen LogP contribution is 2.22. The topological polar surface area (TPSA) is 29.1 Å². The summed E-state index contributed by atoms with van der Waals surface area (Å²) in [6.07, 6.45) is 2.00. The van der Waals surface area contributed by atoms with Crippen LogP contribution in [0, 0.1) is 5.82 Å². The highest BCUT2D eigenvalue weighted by atomic mass is 35.5. The van der Waals surface area contributed by atoms with Crippen molar-refractivity contribution >= 4 is 29.3 Å². The fourth-order valence-corrected chi connectivity index (χ4v) is 2.62. The second-order valence-electron chi connectivity index (χ2n) is 4.56. The second kappa shape index (κ2) is 6.96. The molecule has 0 aliphatic carbocycles. The fourth-order valence-electron chi connectivity index (χ4n) is 1.96. The molecule has 0 saturated heterocycles. The van der Waals surface area contributed by atoms with E-state index < -0.39 is 11.7 Å². The van der Waals surface area contributed by atoms with Gasteiger partial charge in [-0.3, -0.25) is 4.79 Å². The van der Waals surface area contributed by atoms with Crippen molar-refractivity contribution in [2.24, 2.45) is 0 Å². The summed E-state index contributed by atoms with van der Waals surface area (Å²) in [6.45, 7) is 1.85. The van der Waals surface area contributed by atoms with Crippen LogP contribution in [-0.4, -0.2) is 12.2 Å². The number of hydrogen-bond donors (Lipinski definition) is 1. The molecule has 21 heavy (non-hydrogen) atoms. The van der Waals surface area contributed by atoms with Gasteiger partial charge >= 0.3 is 0 Å². The van der Waals surface area contributed by atoms with Crippen LogP contribution in [0.25, 0.3) is 0 Å². The lowest BCUT2D eigenvalue weighted by atomic mass is 10.1. The Morgan fingerprint density at radius 1 is 1.24 bits per heavy atom. The molecule has 1 N–H and O–H groups in total. The molecule has 0 unspecified atom stereocenters. The van der Waals surface area contributed by atoms with Gasteiger partial charge in [0.2, 0.25) is 0 Å². The maximum absolute atomic E-state index is 13.7. The Hall–Kier alpha value is -1.52. The summed E-state index contributed by atoms with van der Waals surface area (Å²) in [7, 11) is 0. The zero-order chi connectivity index (χ0) is 15.4. The largest absolute Gasteiger partial charge is 0.345 e. The van der Waals surface area contributed by atoms with Gasteiger partial charge in [-0.15, -0.1) is 11.8 Å². The lowest BCUT2D eigenvalue weighted by Crippen LogP contribution is -2.27. The van der Waals surface area contributed by atoms with Crippen LogP contribution in [-0.2, 0) is 0 Å². The number of amides is 1. The third-order valence-electron chi connectivity index (χ3n) is 3.15. The molecule has 0 spiro atoms. The van der Waals surface area contributed by atoms with Crippen LogP contribution >= 0.6 is 23.4 Å². The second-order valence-corrected chi connectivity index (χ2v) is 5.85. The number of carbonyl (C=O) groups excluding carboxylic acids is 1. The van der Waals surface area contributed by atoms with E-state index in [-0.39, 0.29) is 16.6 Å². The van der Waals surface area contributed by atoms with Crippen molar-refractivity contribution in [2.75, 3.05) is 6.26 Å². The van der Waals surface area contributed by atoms with E-state index in [4.69, 9.17) is 11.6 Å². The minimum absolute atomic E-state index is 0.109. The highest BCUT2D eigenvalue weighted by Gasteiger charge is 2.18. The van der Waals surface area contributed by atoms with E-state index in [2.05, 4.69) is 5.32 Å². The molecule has 5 heteroatoms. The molecule has 0 bridgehead atoms. The van der Waals surface area contributed by atoms with Crippen molar-refractivity contribution in [2.45, 2.75) is 17.9 Å². The highest BCUT2D eigenvalue weighted by molar-refractivity contribution is 7.98. The van der Waals surface area contributed by atoms with Crippen LogP contribution in [0.5, 0.6) is 0 Å². The Balaban J connectivity index is 2.15. The maximum atomic E-state index is 13.7. The first-order valence-electron chi connectivity index (χ1n) is 6.41. The van der Waals surface area contributed by atoms with Crippen molar-refractivity contribution in [3.63, 3.8) is 0 Å². The lowest BCUT2D eigenvalue weighted by molar-refractivity contribution is 0.0936. The van der Waals surface area contributed by atoms with Crippen molar-refractivity contribution < 1.29 is 9.18 Å². The normalized spacial score (nSPS) is 12.0. The fraction of sp³-hybridized carbons (Fsp3) is 0.188. The van der Waals surface area contributed by atoms with E-state index in [0.717, 1.165) is 10.5 Å². The van der Waals surface area contributed by atoms with Crippen molar-refractivity contribution in [1.82, 2.24) is 5.32 Å². The molecule has 2 rings (SSSR count). The number of benzene rings is 2. The molecule has 0 aliphatic heterocycles. The molecule has 0 saturated carbocycles. The number of rotatable bonds is 4. The number of carbonyl (C=O) groups is 1. The first-order chi connectivity index (χ1) is 10.0. The average Bonchev–Trinajstić information content (AvgIpc) is 2.47. The Kier molecular flexibility index (Phi) is 5.26. The Morgan fingerprint density at radius 3 is 2.48 bits per heavy atom. The molecular formula is C16H15ClFNOS. The van der Waals surface area contributed by atoms with Gasteiger partial charge in [-0.2, -0.15) is 0 Å². The first kappa shape index (κ1) is 15.9. The summed E-state index contributed by atoms with van der Waals surface area (Å²) in [5.74, 6) is -1.13. The van der Waals surface area contributed by atoms with Crippen molar-refractivity contribution in [3.8, 4) is 0 Å². The van der Waals surface area contributed by atoms with E-state index in [1.807, 2.05) is 37.4 Å². The molecule has 1 atom stereocenters. The maximum Gasteiger partial charge on any atom is 0.256 e. The molecule has 0 radical (unpaired) electrons. The van der Waals surface area contributed by atoms with E-state index in [9.17, 15) is 9.18 Å². The van der Waals surface area contributed by atoms with E-state index in [1.54, 1.807) is 11.8 Å². The third-order valence-corrected chi connectivity index (χ3v) is 4.21. The number of nitrogens with one attached hydrogen (secondary N) is 1. The van der Waals surface area contributed by atoms with Gasteiger partial charge in [0.15, 0.2) is 0 Å². The Bertz CT molecular complexity index is 625. The molecule has 0 aromatic heterocycles. The summed E-state index contributed by atoms with van der Waals surface area (Å²) < 4.78 is 13.7. The number of halogens is 2. The van der Waals surface area contributed by atoms with Crippen molar-refractivity contribution in [1.29, 1.82) is 0 Å². The standard InChI is InChI=1S/C16H15ClFNOS/c1-10(11-6-8-12(21-2)9-7-11)19-16(20)15-13(17)4-3-5-14(15)18/h3-10H,1-2H3,(H,19,20)/t10-/m1/s1. The van der Waals surface area contributed by atoms with Crippen molar-refractivity contribution in [3.05, 3.63) is 64.4 Å². The molecular weight excluding hydrogens is 309 g/mol. The molecule has 2 aromatic carbocycles. The Morgan fingerprint density at radius 2 is 1.90 bits per heavy atom. The minimum Gasteiger partial charge on any atom is -0.345 e. The van der Waals surface area contributed by atoms with Crippen LogP contribution < -0.4 is 5.32 Å². The quantitative estimate of drug-likeness (QED) is 0.827. The first-order valence-corrected chi connectivity index (χ1v) is 8.02. The number of hydrogen-bond acceptors (Lipinski definition) is 2. The lowest BCUT2D eigenvalue weighted by Gasteiger charge is -2.15. The zero-order valence-corrected chi connectivity index (χ0v) is 13.3. The van der Waals surface area contributed by atoms with E-state index in [0.29, 0.717) is 0 Å².